The molecule has 18 heavy (non-hydrogen) atoms. The Balaban J connectivity index is 2.52. The second kappa shape index (κ2) is 5.04. The highest BCUT2D eigenvalue weighted by Crippen LogP contribution is 2.23. The van der Waals surface area contributed by atoms with E-state index < -0.39 is 0 Å². The van der Waals surface area contributed by atoms with Gasteiger partial charge in [-0.15, -0.1) is 0 Å². The Bertz CT molecular complexity index is 575. The van der Waals surface area contributed by atoms with Crippen molar-refractivity contribution in [2.45, 2.75) is 13.5 Å². The van der Waals surface area contributed by atoms with Gasteiger partial charge in [-0.1, -0.05) is 12.1 Å². The van der Waals surface area contributed by atoms with Crippen LogP contribution in [0.15, 0.2) is 36.4 Å². The van der Waals surface area contributed by atoms with Gasteiger partial charge >= 0.3 is 5.97 Å². The lowest BCUT2D eigenvalue weighted by Gasteiger charge is -2.10. The lowest BCUT2D eigenvalue weighted by Crippen LogP contribution is -2.10. The minimum absolute atomic E-state index is 0.295. The number of hydrogen-bond acceptors (Lipinski definition) is 2. The van der Waals surface area contributed by atoms with Gasteiger partial charge in [0.1, 0.15) is 11.5 Å². The molecule has 2 rings (SSSR count). The molecule has 0 atom stereocenters. The number of hydrogen-bond donors (Lipinski definition) is 0. The van der Waals surface area contributed by atoms with E-state index in [0.717, 1.165) is 11.3 Å². The number of carbonyl (C=O) groups excluding carboxylic acids is 1. The molecule has 94 valence electrons. The zero-order valence-electron chi connectivity index (χ0n) is 10.3. The van der Waals surface area contributed by atoms with Crippen molar-refractivity contribution in [3.63, 3.8) is 0 Å². The molecule has 1 heterocycles. The Hall–Kier alpha value is -2.10. The van der Waals surface area contributed by atoms with E-state index in [2.05, 4.69) is 0 Å². The third kappa shape index (κ3) is 2.14. The molecule has 3 nitrogen and oxygen atoms in total. The molecule has 0 saturated carbocycles. The first-order valence-corrected chi connectivity index (χ1v) is 5.71. The second-order valence-corrected chi connectivity index (χ2v) is 3.85. The lowest BCUT2D eigenvalue weighted by molar-refractivity contribution is 0.0589. The van der Waals surface area contributed by atoms with Crippen molar-refractivity contribution < 1.29 is 13.9 Å². The molecule has 0 N–H and O–H groups in total. The van der Waals surface area contributed by atoms with Gasteiger partial charge < -0.3 is 9.30 Å². The van der Waals surface area contributed by atoms with Crippen LogP contribution in [-0.4, -0.2) is 17.6 Å². The molecule has 4 heteroatoms. The third-order valence-electron chi connectivity index (χ3n) is 2.81. The predicted molar refractivity (Wildman–Crippen MR) is 66.8 cm³/mol. The van der Waals surface area contributed by atoms with Crippen molar-refractivity contribution in [1.82, 2.24) is 4.57 Å². The summed E-state index contributed by atoms with van der Waals surface area (Å²) < 4.78 is 19.7. The smallest absolute Gasteiger partial charge is 0.354 e. The van der Waals surface area contributed by atoms with Crippen LogP contribution >= 0.6 is 0 Å². The van der Waals surface area contributed by atoms with Crippen LogP contribution < -0.4 is 0 Å². The highest BCUT2D eigenvalue weighted by Gasteiger charge is 2.15. The fraction of sp³-hybridized carbons (Fsp3) is 0.214. The van der Waals surface area contributed by atoms with Gasteiger partial charge in [-0.25, -0.2) is 9.18 Å². The first kappa shape index (κ1) is 12.4. The summed E-state index contributed by atoms with van der Waals surface area (Å²) in [6, 6.07) is 9.79. The lowest BCUT2D eigenvalue weighted by atomic mass is 10.1. The van der Waals surface area contributed by atoms with E-state index in [0.29, 0.717) is 12.2 Å². The largest absolute Gasteiger partial charge is 0.464 e. The number of halogens is 1. The Morgan fingerprint density at radius 3 is 2.72 bits per heavy atom. The van der Waals surface area contributed by atoms with Gasteiger partial charge in [0, 0.05) is 17.8 Å². The van der Waals surface area contributed by atoms with Gasteiger partial charge in [-0.2, -0.15) is 0 Å². The Morgan fingerprint density at radius 2 is 2.11 bits per heavy atom. The van der Waals surface area contributed by atoms with E-state index in [1.54, 1.807) is 22.8 Å². The first-order valence-electron chi connectivity index (χ1n) is 5.71. The normalized spacial score (nSPS) is 10.4. The molecular formula is C14H14FNO2. The minimum Gasteiger partial charge on any atom is -0.464 e. The standard InChI is InChI=1S/C14H14FNO2/c1-3-16-12(7-8-13(16)14(17)18-2)10-5-4-6-11(15)9-10/h4-9H,3H2,1-2H3. The zero-order chi connectivity index (χ0) is 13.1. The highest BCUT2D eigenvalue weighted by molar-refractivity contribution is 5.89. The fourth-order valence-electron chi connectivity index (χ4n) is 1.99. The molecule has 0 amide bonds. The first-order chi connectivity index (χ1) is 8.67. The van der Waals surface area contributed by atoms with Crippen molar-refractivity contribution in [3.05, 3.63) is 47.9 Å². The summed E-state index contributed by atoms with van der Waals surface area (Å²) >= 11 is 0. The van der Waals surface area contributed by atoms with Crippen LogP contribution in [0.3, 0.4) is 0 Å². The Kier molecular flexibility index (Phi) is 3.46. The fourth-order valence-corrected chi connectivity index (χ4v) is 1.99. The molecule has 0 bridgehead atoms. The quantitative estimate of drug-likeness (QED) is 0.780. The summed E-state index contributed by atoms with van der Waals surface area (Å²) in [4.78, 5) is 11.6. The van der Waals surface area contributed by atoms with Crippen LogP contribution in [-0.2, 0) is 11.3 Å². The second-order valence-electron chi connectivity index (χ2n) is 3.85. The number of benzene rings is 1. The minimum atomic E-state index is -0.389. The summed E-state index contributed by atoms with van der Waals surface area (Å²) in [5.74, 6) is -0.685. The maximum atomic E-state index is 13.2. The van der Waals surface area contributed by atoms with Crippen LogP contribution in [0.4, 0.5) is 4.39 Å². The van der Waals surface area contributed by atoms with Gasteiger partial charge in [-0.05, 0) is 31.2 Å². The molecule has 1 aromatic carbocycles. The monoisotopic (exact) mass is 247 g/mol. The topological polar surface area (TPSA) is 31.2 Å². The van der Waals surface area contributed by atoms with Crippen LogP contribution in [0.25, 0.3) is 11.3 Å². The number of esters is 1. The zero-order valence-corrected chi connectivity index (χ0v) is 10.3. The summed E-state index contributed by atoms with van der Waals surface area (Å²) in [5.41, 5.74) is 2.02. The SMILES string of the molecule is CCn1c(C(=O)OC)ccc1-c1cccc(F)c1. The average Bonchev–Trinajstić information content (AvgIpc) is 2.81. The van der Waals surface area contributed by atoms with Gasteiger partial charge in [0.2, 0.25) is 0 Å². The molecule has 1 aromatic heterocycles. The summed E-state index contributed by atoms with van der Waals surface area (Å²) in [5, 5.41) is 0. The number of nitrogens with zero attached hydrogens (tertiary/aromatic N) is 1. The summed E-state index contributed by atoms with van der Waals surface area (Å²) in [7, 11) is 1.34. The number of carbonyl (C=O) groups is 1. The van der Waals surface area contributed by atoms with Gasteiger partial charge in [0.25, 0.3) is 0 Å². The molecule has 0 unspecified atom stereocenters. The third-order valence-corrected chi connectivity index (χ3v) is 2.81. The van der Waals surface area contributed by atoms with Crippen molar-refractivity contribution in [1.29, 1.82) is 0 Å². The highest BCUT2D eigenvalue weighted by atomic mass is 19.1. The predicted octanol–water partition coefficient (Wildman–Crippen LogP) is 3.10. The van der Waals surface area contributed by atoms with Gasteiger partial charge in [0.15, 0.2) is 0 Å². The number of ether oxygens (including phenoxy) is 1. The Morgan fingerprint density at radius 1 is 1.33 bits per heavy atom. The summed E-state index contributed by atoms with van der Waals surface area (Å²) in [6.45, 7) is 2.54. The van der Waals surface area contributed by atoms with E-state index in [-0.39, 0.29) is 11.8 Å². The molecule has 0 aliphatic carbocycles. The maximum Gasteiger partial charge on any atom is 0.354 e. The average molecular weight is 247 g/mol. The number of rotatable bonds is 3. The van der Waals surface area contributed by atoms with E-state index in [4.69, 9.17) is 4.74 Å². The number of aromatic nitrogens is 1. The molecule has 0 aliphatic heterocycles. The Labute approximate surface area is 105 Å². The number of methoxy groups -OCH3 is 1. The van der Waals surface area contributed by atoms with Crippen LogP contribution in [0, 0.1) is 5.82 Å². The van der Waals surface area contributed by atoms with Crippen molar-refractivity contribution in [2.75, 3.05) is 7.11 Å². The van der Waals surface area contributed by atoms with Gasteiger partial charge in [-0.3, -0.25) is 0 Å². The maximum absolute atomic E-state index is 13.2. The van der Waals surface area contributed by atoms with Crippen LogP contribution in [0.1, 0.15) is 17.4 Å². The van der Waals surface area contributed by atoms with E-state index in [9.17, 15) is 9.18 Å². The van der Waals surface area contributed by atoms with Crippen molar-refractivity contribution in [3.8, 4) is 11.3 Å². The van der Waals surface area contributed by atoms with Crippen molar-refractivity contribution >= 4 is 5.97 Å². The molecule has 2 aromatic rings. The van der Waals surface area contributed by atoms with E-state index in [1.165, 1.54) is 19.2 Å². The summed E-state index contributed by atoms with van der Waals surface area (Å²) in [6.07, 6.45) is 0. The van der Waals surface area contributed by atoms with Gasteiger partial charge in [0.05, 0.1) is 7.11 Å². The van der Waals surface area contributed by atoms with Crippen LogP contribution in [0.5, 0.6) is 0 Å². The van der Waals surface area contributed by atoms with Crippen molar-refractivity contribution in [2.24, 2.45) is 0 Å². The molecule has 0 fully saturated rings. The van der Waals surface area contributed by atoms with E-state index in [1.807, 2.05) is 13.0 Å². The molecule has 0 aliphatic rings. The van der Waals surface area contributed by atoms with Crippen LogP contribution in [0.2, 0.25) is 0 Å². The van der Waals surface area contributed by atoms with E-state index >= 15 is 0 Å². The molecular weight excluding hydrogens is 233 g/mol. The molecule has 0 spiro atoms. The molecule has 0 saturated heterocycles. The molecule has 0 radical (unpaired) electrons.